The second-order valence-electron chi connectivity index (χ2n) is 15.2. The number of furan rings is 2. The van der Waals surface area contributed by atoms with Crippen LogP contribution >= 0.6 is 0 Å². The summed E-state index contributed by atoms with van der Waals surface area (Å²) in [6.07, 6.45) is 0. The standard InChI is InChI=1S/C56H34O2/c1-3-15-35(16-4-1)37-19-13-21-39(31-37)52-44-25-7-8-26-45(44)53(40-22-14-20-38(32-40)36-17-5-2-6-18-36)47-33-41(29-30-46(47)52)54-55-48(42-23-9-11-27-50(42)57-55)34-49-43-24-10-12-28-51(43)58-56(49)54/h1-34H. The second kappa shape index (κ2) is 12.9. The number of benzene rings is 10. The number of hydrogen-bond donors (Lipinski definition) is 0. The van der Waals surface area contributed by atoms with Crippen molar-refractivity contribution >= 4 is 65.4 Å². The Bertz CT molecular complexity index is 3460. The Hall–Kier alpha value is -7.68. The van der Waals surface area contributed by atoms with E-state index in [0.29, 0.717) is 0 Å². The maximum atomic E-state index is 6.79. The van der Waals surface area contributed by atoms with E-state index < -0.39 is 0 Å². The van der Waals surface area contributed by atoms with E-state index in [2.05, 4.69) is 194 Å². The molecule has 2 heteroatoms. The van der Waals surface area contributed by atoms with Crippen LogP contribution in [0.3, 0.4) is 0 Å². The molecule has 0 bridgehead atoms. The summed E-state index contributed by atoms with van der Waals surface area (Å²) in [5.74, 6) is 0. The molecule has 0 unspecified atom stereocenters. The first kappa shape index (κ1) is 32.6. The third-order valence-corrected chi connectivity index (χ3v) is 11.8. The van der Waals surface area contributed by atoms with Crippen molar-refractivity contribution in [2.45, 2.75) is 0 Å². The normalized spacial score (nSPS) is 11.8. The van der Waals surface area contributed by atoms with Crippen LogP contribution < -0.4 is 0 Å². The summed E-state index contributed by atoms with van der Waals surface area (Å²) in [5.41, 5.74) is 14.9. The first-order chi connectivity index (χ1) is 28.8. The number of hydrogen-bond acceptors (Lipinski definition) is 2. The van der Waals surface area contributed by atoms with Crippen LogP contribution in [0.25, 0.3) is 121 Å². The topological polar surface area (TPSA) is 26.3 Å². The Morgan fingerprint density at radius 2 is 0.603 bits per heavy atom. The monoisotopic (exact) mass is 738 g/mol. The van der Waals surface area contributed by atoms with E-state index in [1.54, 1.807) is 0 Å². The van der Waals surface area contributed by atoms with Crippen LogP contribution in [0.5, 0.6) is 0 Å². The van der Waals surface area contributed by atoms with Gasteiger partial charge < -0.3 is 8.83 Å². The molecule has 0 spiro atoms. The minimum Gasteiger partial charge on any atom is -0.455 e. The molecule has 0 aliphatic rings. The van der Waals surface area contributed by atoms with Crippen LogP contribution in [-0.4, -0.2) is 0 Å². The second-order valence-corrected chi connectivity index (χ2v) is 15.2. The molecule has 0 atom stereocenters. The van der Waals surface area contributed by atoms with Gasteiger partial charge in [-0.1, -0.05) is 170 Å². The van der Waals surface area contributed by atoms with Gasteiger partial charge >= 0.3 is 0 Å². The minimum atomic E-state index is 0.830. The number of para-hydroxylation sites is 2. The maximum Gasteiger partial charge on any atom is 0.147 e. The molecule has 0 aliphatic heterocycles. The fourth-order valence-corrected chi connectivity index (χ4v) is 9.22. The summed E-state index contributed by atoms with van der Waals surface area (Å²) in [4.78, 5) is 0. The summed E-state index contributed by atoms with van der Waals surface area (Å²) in [5, 5.41) is 9.12. The van der Waals surface area contributed by atoms with Crippen molar-refractivity contribution in [3.05, 3.63) is 206 Å². The number of fused-ring (bicyclic) bond motifs is 8. The van der Waals surface area contributed by atoms with Gasteiger partial charge in [0.25, 0.3) is 0 Å². The summed E-state index contributed by atoms with van der Waals surface area (Å²) >= 11 is 0. The van der Waals surface area contributed by atoms with Gasteiger partial charge in [-0.2, -0.15) is 0 Å². The van der Waals surface area contributed by atoms with E-state index in [1.165, 1.54) is 66.1 Å². The highest BCUT2D eigenvalue weighted by Gasteiger charge is 2.23. The minimum absolute atomic E-state index is 0.830. The van der Waals surface area contributed by atoms with Crippen LogP contribution in [0, 0.1) is 0 Å². The quantitative estimate of drug-likeness (QED) is 0.164. The van der Waals surface area contributed by atoms with Crippen LogP contribution in [0.1, 0.15) is 0 Å². The Morgan fingerprint density at radius 3 is 1.14 bits per heavy atom. The molecule has 0 saturated carbocycles. The smallest absolute Gasteiger partial charge is 0.147 e. The number of rotatable bonds is 5. The van der Waals surface area contributed by atoms with Crippen LogP contribution in [0.2, 0.25) is 0 Å². The average molecular weight is 739 g/mol. The lowest BCUT2D eigenvalue weighted by Gasteiger charge is -2.19. The molecule has 12 aromatic rings. The van der Waals surface area contributed by atoms with Gasteiger partial charge in [0.15, 0.2) is 0 Å². The van der Waals surface area contributed by atoms with Crippen molar-refractivity contribution in [3.8, 4) is 55.6 Å². The van der Waals surface area contributed by atoms with Crippen molar-refractivity contribution in [1.29, 1.82) is 0 Å². The van der Waals surface area contributed by atoms with Crippen LogP contribution in [0.15, 0.2) is 215 Å². The predicted octanol–water partition coefficient (Wildman–Crippen LogP) is 16.1. The zero-order valence-electron chi connectivity index (χ0n) is 31.4. The first-order valence-corrected chi connectivity index (χ1v) is 19.8. The first-order valence-electron chi connectivity index (χ1n) is 19.8. The maximum absolute atomic E-state index is 6.79. The van der Waals surface area contributed by atoms with Gasteiger partial charge in [-0.05, 0) is 108 Å². The van der Waals surface area contributed by atoms with E-state index in [0.717, 1.165) is 55.0 Å². The van der Waals surface area contributed by atoms with E-state index in [4.69, 9.17) is 8.83 Å². The van der Waals surface area contributed by atoms with Crippen molar-refractivity contribution in [2.24, 2.45) is 0 Å². The molecular formula is C56H34O2. The van der Waals surface area contributed by atoms with Crippen molar-refractivity contribution < 1.29 is 8.83 Å². The highest BCUT2D eigenvalue weighted by Crippen LogP contribution is 2.49. The Balaban J connectivity index is 1.21. The van der Waals surface area contributed by atoms with E-state index in [1.807, 2.05) is 12.1 Å². The fraction of sp³-hybridized carbons (Fsp3) is 0. The Labute approximate surface area is 334 Å². The molecule has 0 radical (unpaired) electrons. The summed E-state index contributed by atoms with van der Waals surface area (Å²) in [7, 11) is 0. The SMILES string of the molecule is c1ccc(-c2cccc(-c3c4ccccc4c(-c4cccc(-c5ccccc5)c4)c4cc(-c5c6oc7ccccc7c6cc6c5oc5ccccc56)ccc34)c2)cc1. The van der Waals surface area contributed by atoms with E-state index in [9.17, 15) is 0 Å². The van der Waals surface area contributed by atoms with Gasteiger partial charge in [0.1, 0.15) is 22.3 Å². The zero-order valence-corrected chi connectivity index (χ0v) is 31.4. The molecule has 2 aromatic heterocycles. The molecule has 0 fully saturated rings. The van der Waals surface area contributed by atoms with Gasteiger partial charge in [0.05, 0.1) is 5.56 Å². The van der Waals surface area contributed by atoms with E-state index in [-0.39, 0.29) is 0 Å². The van der Waals surface area contributed by atoms with Gasteiger partial charge in [-0.15, -0.1) is 0 Å². The molecule has 0 saturated heterocycles. The largest absolute Gasteiger partial charge is 0.455 e. The molecule has 0 N–H and O–H groups in total. The molecule has 0 aliphatic carbocycles. The third-order valence-electron chi connectivity index (χ3n) is 11.8. The lowest BCUT2D eigenvalue weighted by atomic mass is 9.83. The molecule has 58 heavy (non-hydrogen) atoms. The molecule has 10 aromatic carbocycles. The molecule has 2 heterocycles. The Morgan fingerprint density at radius 1 is 0.207 bits per heavy atom. The van der Waals surface area contributed by atoms with Gasteiger partial charge in [0.2, 0.25) is 0 Å². The van der Waals surface area contributed by atoms with Crippen LogP contribution in [-0.2, 0) is 0 Å². The lowest BCUT2D eigenvalue weighted by Crippen LogP contribution is -1.93. The van der Waals surface area contributed by atoms with Crippen molar-refractivity contribution in [2.75, 3.05) is 0 Å². The molecule has 0 amide bonds. The van der Waals surface area contributed by atoms with Crippen LogP contribution in [0.4, 0.5) is 0 Å². The summed E-state index contributed by atoms with van der Waals surface area (Å²) < 4.78 is 13.6. The molecule has 270 valence electrons. The highest BCUT2D eigenvalue weighted by molar-refractivity contribution is 6.25. The molecule has 2 nitrogen and oxygen atoms in total. The molecule has 12 rings (SSSR count). The predicted molar refractivity (Wildman–Crippen MR) is 243 cm³/mol. The van der Waals surface area contributed by atoms with Crippen molar-refractivity contribution in [3.63, 3.8) is 0 Å². The van der Waals surface area contributed by atoms with Gasteiger partial charge in [-0.25, -0.2) is 0 Å². The zero-order chi connectivity index (χ0) is 38.2. The third kappa shape index (κ3) is 5.05. The fourth-order valence-electron chi connectivity index (χ4n) is 9.22. The van der Waals surface area contributed by atoms with E-state index >= 15 is 0 Å². The van der Waals surface area contributed by atoms with Gasteiger partial charge in [0, 0.05) is 21.5 Å². The lowest BCUT2D eigenvalue weighted by molar-refractivity contribution is 0.658. The van der Waals surface area contributed by atoms with Gasteiger partial charge in [-0.3, -0.25) is 0 Å². The summed E-state index contributed by atoms with van der Waals surface area (Å²) in [6.45, 7) is 0. The molecular weight excluding hydrogens is 705 g/mol. The summed E-state index contributed by atoms with van der Waals surface area (Å²) in [6, 6.07) is 74.0. The average Bonchev–Trinajstić information content (AvgIpc) is 3.86. The van der Waals surface area contributed by atoms with Crippen molar-refractivity contribution in [1.82, 2.24) is 0 Å². The Kier molecular flexibility index (Phi) is 7.26. The highest BCUT2D eigenvalue weighted by atomic mass is 16.3.